The Labute approximate surface area is 147 Å². The molecule has 6 nitrogen and oxygen atoms in total. The molecule has 1 atom stereocenters. The summed E-state index contributed by atoms with van der Waals surface area (Å²) in [4.78, 5) is 25.3. The number of ether oxygens (including phenoxy) is 1. The molecule has 0 aliphatic heterocycles. The predicted octanol–water partition coefficient (Wildman–Crippen LogP) is 2.12. The molecule has 0 fully saturated rings. The number of amides is 2. The average molecular weight is 341 g/mol. The fraction of sp³-hybridized carbons (Fsp3) is 0.263. The number of benzene rings is 2. The van der Waals surface area contributed by atoms with E-state index >= 15 is 0 Å². The highest BCUT2D eigenvalue weighted by Gasteiger charge is 2.18. The third-order valence-corrected chi connectivity index (χ3v) is 3.93. The van der Waals surface area contributed by atoms with Crippen molar-refractivity contribution >= 4 is 17.5 Å². The van der Waals surface area contributed by atoms with Gasteiger partial charge in [0.2, 0.25) is 11.8 Å². The Morgan fingerprint density at radius 3 is 2.36 bits per heavy atom. The van der Waals surface area contributed by atoms with Gasteiger partial charge in [0.05, 0.1) is 6.04 Å². The smallest absolute Gasteiger partial charge is 0.248 e. The number of nitrogens with zero attached hydrogens (tertiary/aromatic N) is 1. The Morgan fingerprint density at radius 2 is 1.76 bits per heavy atom. The van der Waals surface area contributed by atoms with Crippen LogP contribution >= 0.6 is 0 Å². The molecule has 2 amide bonds. The number of nitrogens with one attached hydrogen (secondary N) is 1. The van der Waals surface area contributed by atoms with Gasteiger partial charge in [0.25, 0.3) is 0 Å². The molecule has 0 aromatic heterocycles. The van der Waals surface area contributed by atoms with E-state index in [2.05, 4.69) is 5.32 Å². The summed E-state index contributed by atoms with van der Waals surface area (Å²) >= 11 is 0. The molecule has 0 radical (unpaired) electrons. The quantitative estimate of drug-likeness (QED) is 0.770. The Hall–Kier alpha value is -2.86. The Kier molecular flexibility index (Phi) is 6.54. The van der Waals surface area contributed by atoms with E-state index in [9.17, 15) is 9.59 Å². The third-order valence-electron chi connectivity index (χ3n) is 3.93. The van der Waals surface area contributed by atoms with Crippen molar-refractivity contribution in [3.05, 3.63) is 60.2 Å². The van der Waals surface area contributed by atoms with E-state index in [0.717, 1.165) is 5.75 Å². The second-order valence-electron chi connectivity index (χ2n) is 5.75. The molecule has 0 unspecified atom stereocenters. The number of likely N-dealkylation sites (N-methyl/N-ethyl adjacent to an activating group) is 1. The topological polar surface area (TPSA) is 84.7 Å². The van der Waals surface area contributed by atoms with E-state index in [1.165, 1.54) is 0 Å². The standard InChI is InChI=1S/C19H23N3O3/c1-14(22(2)12-13-25-17-6-4-3-5-7-17)19(24)21-16-10-8-15(9-11-16)18(20)23/h3-11,14H,12-13H2,1-2H3,(H2,20,23)(H,21,24)/t14-/m0/s1. The van der Waals surface area contributed by atoms with Gasteiger partial charge in [0.1, 0.15) is 12.4 Å². The molecule has 0 bridgehead atoms. The normalized spacial score (nSPS) is 11.8. The molecule has 2 aromatic carbocycles. The molecule has 3 N–H and O–H groups in total. The Bertz CT molecular complexity index is 702. The fourth-order valence-corrected chi connectivity index (χ4v) is 2.18. The summed E-state index contributed by atoms with van der Waals surface area (Å²) in [5.74, 6) is 0.181. The number of hydrogen-bond donors (Lipinski definition) is 2. The highest BCUT2D eigenvalue weighted by Crippen LogP contribution is 2.11. The van der Waals surface area contributed by atoms with Gasteiger partial charge in [0.15, 0.2) is 0 Å². The van der Waals surface area contributed by atoms with Gasteiger partial charge in [0, 0.05) is 17.8 Å². The molecule has 2 rings (SSSR count). The van der Waals surface area contributed by atoms with Crippen LogP contribution in [-0.4, -0.2) is 43.0 Å². The number of primary amides is 1. The predicted molar refractivity (Wildman–Crippen MR) is 97.6 cm³/mol. The van der Waals surface area contributed by atoms with Crippen LogP contribution in [0, 0.1) is 0 Å². The lowest BCUT2D eigenvalue weighted by molar-refractivity contribution is -0.120. The van der Waals surface area contributed by atoms with Crippen molar-refractivity contribution in [2.24, 2.45) is 5.73 Å². The molecule has 0 aliphatic rings. The molecule has 25 heavy (non-hydrogen) atoms. The highest BCUT2D eigenvalue weighted by atomic mass is 16.5. The minimum absolute atomic E-state index is 0.131. The zero-order valence-corrected chi connectivity index (χ0v) is 14.4. The number of rotatable bonds is 8. The summed E-state index contributed by atoms with van der Waals surface area (Å²) in [7, 11) is 1.87. The maximum Gasteiger partial charge on any atom is 0.248 e. The summed E-state index contributed by atoms with van der Waals surface area (Å²) in [6, 6.07) is 15.7. The molecule has 6 heteroatoms. The van der Waals surface area contributed by atoms with E-state index in [1.807, 2.05) is 49.2 Å². The highest BCUT2D eigenvalue weighted by molar-refractivity contribution is 5.96. The van der Waals surface area contributed by atoms with Crippen molar-refractivity contribution in [2.75, 3.05) is 25.5 Å². The lowest BCUT2D eigenvalue weighted by atomic mass is 10.2. The summed E-state index contributed by atoms with van der Waals surface area (Å²) < 4.78 is 5.64. The van der Waals surface area contributed by atoms with Crippen LogP contribution < -0.4 is 15.8 Å². The van der Waals surface area contributed by atoms with Crippen molar-refractivity contribution in [1.82, 2.24) is 4.90 Å². The molecule has 0 saturated carbocycles. The molecule has 0 heterocycles. The van der Waals surface area contributed by atoms with E-state index in [0.29, 0.717) is 24.4 Å². The summed E-state index contributed by atoms with van der Waals surface area (Å²) in [5.41, 5.74) is 6.22. The van der Waals surface area contributed by atoms with Gasteiger partial charge in [-0.2, -0.15) is 0 Å². The van der Waals surface area contributed by atoms with Gasteiger partial charge >= 0.3 is 0 Å². The van der Waals surface area contributed by atoms with Crippen LogP contribution in [0.25, 0.3) is 0 Å². The summed E-state index contributed by atoms with van der Waals surface area (Å²) in [5, 5.41) is 2.82. The van der Waals surface area contributed by atoms with Crippen LogP contribution in [0.2, 0.25) is 0 Å². The van der Waals surface area contributed by atoms with Crippen LogP contribution in [-0.2, 0) is 4.79 Å². The molecule has 0 spiro atoms. The van der Waals surface area contributed by atoms with Crippen molar-refractivity contribution in [3.63, 3.8) is 0 Å². The van der Waals surface area contributed by atoms with Crippen molar-refractivity contribution in [2.45, 2.75) is 13.0 Å². The fourth-order valence-electron chi connectivity index (χ4n) is 2.18. The monoisotopic (exact) mass is 341 g/mol. The second-order valence-corrected chi connectivity index (χ2v) is 5.75. The maximum atomic E-state index is 12.3. The van der Waals surface area contributed by atoms with Crippen LogP contribution in [0.5, 0.6) is 5.75 Å². The van der Waals surface area contributed by atoms with Gasteiger partial charge in [-0.25, -0.2) is 0 Å². The maximum absolute atomic E-state index is 12.3. The zero-order valence-electron chi connectivity index (χ0n) is 14.4. The first-order chi connectivity index (χ1) is 12.0. The number of hydrogen-bond acceptors (Lipinski definition) is 4. The van der Waals surface area contributed by atoms with E-state index < -0.39 is 5.91 Å². The van der Waals surface area contributed by atoms with Gasteiger partial charge in [-0.05, 0) is 50.4 Å². The Morgan fingerprint density at radius 1 is 1.12 bits per heavy atom. The Balaban J connectivity index is 1.80. The molecular formula is C19H23N3O3. The summed E-state index contributed by atoms with van der Waals surface area (Å²) in [6.45, 7) is 2.94. The minimum Gasteiger partial charge on any atom is -0.492 e. The van der Waals surface area contributed by atoms with Gasteiger partial charge < -0.3 is 15.8 Å². The van der Waals surface area contributed by atoms with Crippen LogP contribution in [0.4, 0.5) is 5.69 Å². The molecule has 0 saturated heterocycles. The van der Waals surface area contributed by atoms with Gasteiger partial charge in [-0.3, -0.25) is 14.5 Å². The second kappa shape index (κ2) is 8.84. The van der Waals surface area contributed by atoms with Crippen LogP contribution in [0.15, 0.2) is 54.6 Å². The first kappa shape index (κ1) is 18.5. The number of carbonyl (C=O) groups is 2. The van der Waals surface area contributed by atoms with E-state index in [-0.39, 0.29) is 11.9 Å². The number of para-hydroxylation sites is 1. The van der Waals surface area contributed by atoms with Gasteiger partial charge in [-0.1, -0.05) is 18.2 Å². The number of nitrogens with two attached hydrogens (primary N) is 1. The van der Waals surface area contributed by atoms with Crippen molar-refractivity contribution in [1.29, 1.82) is 0 Å². The first-order valence-corrected chi connectivity index (χ1v) is 8.06. The van der Waals surface area contributed by atoms with Crippen molar-refractivity contribution < 1.29 is 14.3 Å². The zero-order chi connectivity index (χ0) is 18.2. The van der Waals surface area contributed by atoms with Gasteiger partial charge in [-0.15, -0.1) is 0 Å². The first-order valence-electron chi connectivity index (χ1n) is 8.06. The van der Waals surface area contributed by atoms with Crippen molar-refractivity contribution in [3.8, 4) is 5.75 Å². The largest absolute Gasteiger partial charge is 0.492 e. The summed E-state index contributed by atoms with van der Waals surface area (Å²) in [6.07, 6.45) is 0. The number of anilines is 1. The molecule has 2 aromatic rings. The van der Waals surface area contributed by atoms with Crippen LogP contribution in [0.1, 0.15) is 17.3 Å². The molecular weight excluding hydrogens is 318 g/mol. The molecule has 132 valence electrons. The van der Waals surface area contributed by atoms with Crippen LogP contribution in [0.3, 0.4) is 0 Å². The molecule has 0 aliphatic carbocycles. The van der Waals surface area contributed by atoms with E-state index in [4.69, 9.17) is 10.5 Å². The minimum atomic E-state index is -0.496. The number of carbonyl (C=O) groups excluding carboxylic acids is 2. The lowest BCUT2D eigenvalue weighted by Gasteiger charge is -2.23. The SMILES string of the molecule is C[C@@H](C(=O)Nc1ccc(C(N)=O)cc1)N(C)CCOc1ccccc1. The lowest BCUT2D eigenvalue weighted by Crippen LogP contribution is -2.41. The average Bonchev–Trinajstić information content (AvgIpc) is 2.62. The third kappa shape index (κ3) is 5.61. The van der Waals surface area contributed by atoms with E-state index in [1.54, 1.807) is 24.3 Å².